The molecule has 0 N–H and O–H groups in total. The van der Waals surface area contributed by atoms with Gasteiger partial charge in [-0.2, -0.15) is 0 Å². The van der Waals surface area contributed by atoms with Gasteiger partial charge in [0.2, 0.25) is 10.0 Å². The van der Waals surface area contributed by atoms with Crippen LogP contribution < -0.4 is 0 Å². The summed E-state index contributed by atoms with van der Waals surface area (Å²) in [6, 6.07) is 4.21. The first-order valence-electron chi connectivity index (χ1n) is 9.31. The smallest absolute Gasteiger partial charge is 0.215 e. The van der Waals surface area contributed by atoms with Crippen molar-refractivity contribution in [3.8, 4) is 0 Å². The van der Waals surface area contributed by atoms with Gasteiger partial charge in [-0.25, -0.2) is 12.7 Å². The minimum atomic E-state index is -3.39. The molecule has 6 heteroatoms. The van der Waals surface area contributed by atoms with E-state index in [1.165, 1.54) is 4.88 Å². The van der Waals surface area contributed by atoms with Crippen molar-refractivity contribution in [3.63, 3.8) is 0 Å². The van der Waals surface area contributed by atoms with Crippen LogP contribution in [0.15, 0.2) is 17.5 Å². The summed E-state index contributed by atoms with van der Waals surface area (Å²) in [5, 5.41) is 2.09. The zero-order valence-corrected chi connectivity index (χ0v) is 16.7. The fraction of sp³-hybridized carbons (Fsp3) is 0.737. The van der Waals surface area contributed by atoms with Crippen LogP contribution in [0, 0.1) is 16.7 Å². The highest BCUT2D eigenvalue weighted by Crippen LogP contribution is 2.64. The fourth-order valence-corrected chi connectivity index (χ4v) is 8.60. The Morgan fingerprint density at radius 2 is 1.96 bits per heavy atom. The van der Waals surface area contributed by atoms with Crippen LogP contribution in [0.25, 0.3) is 0 Å². The molecule has 0 spiro atoms. The molecule has 1 saturated heterocycles. The molecule has 0 radical (unpaired) electrons. The summed E-state index contributed by atoms with van der Waals surface area (Å²) >= 11 is 1.76. The van der Waals surface area contributed by atoms with Gasteiger partial charge in [-0.3, -0.25) is 4.79 Å². The normalized spacial score (nSPS) is 33.2. The van der Waals surface area contributed by atoms with Crippen LogP contribution in [-0.4, -0.2) is 37.3 Å². The van der Waals surface area contributed by atoms with Gasteiger partial charge >= 0.3 is 0 Å². The Kier molecular flexibility index (Phi) is 4.17. The number of Topliss-reactive ketones (excluding diaryl/α,β-unsaturated/α-hetero) is 1. The summed E-state index contributed by atoms with van der Waals surface area (Å²) in [5.41, 5.74) is -0.840. The Morgan fingerprint density at radius 3 is 2.48 bits per heavy atom. The van der Waals surface area contributed by atoms with Crippen molar-refractivity contribution < 1.29 is 13.2 Å². The first-order chi connectivity index (χ1) is 11.8. The number of ketones is 1. The molecular formula is C19H27NO3S2. The predicted molar refractivity (Wildman–Crippen MR) is 100 cm³/mol. The Bertz CT molecular complexity index is 761. The molecule has 3 aliphatic rings. The SMILES string of the molecule is CC1(C)C2CCC1(CS(=O)(=O)N1CCC(c3cccs3)CC1)C(=O)C2. The van der Waals surface area contributed by atoms with E-state index in [1.807, 2.05) is 0 Å². The molecule has 2 heterocycles. The van der Waals surface area contributed by atoms with E-state index in [4.69, 9.17) is 0 Å². The van der Waals surface area contributed by atoms with Crippen molar-refractivity contribution in [1.29, 1.82) is 0 Å². The number of fused-ring (bicyclic) bond motifs is 2. The van der Waals surface area contributed by atoms with Crippen molar-refractivity contribution in [2.24, 2.45) is 16.7 Å². The number of rotatable bonds is 4. The van der Waals surface area contributed by atoms with Gasteiger partial charge in [-0.05, 0) is 54.4 Å². The molecule has 1 aliphatic heterocycles. The number of thiophene rings is 1. The molecule has 3 fully saturated rings. The summed E-state index contributed by atoms with van der Waals surface area (Å²) in [7, 11) is -3.39. The minimum absolute atomic E-state index is 0.0198. The first kappa shape index (κ1) is 17.7. The third kappa shape index (κ3) is 2.63. The van der Waals surface area contributed by atoms with Crippen LogP contribution in [0.1, 0.15) is 56.7 Å². The molecule has 1 aromatic heterocycles. The lowest BCUT2D eigenvalue weighted by molar-refractivity contribution is -0.128. The minimum Gasteiger partial charge on any atom is -0.299 e. The Morgan fingerprint density at radius 1 is 1.24 bits per heavy atom. The average Bonchev–Trinajstić information content (AvgIpc) is 3.22. The molecule has 2 aliphatic carbocycles. The van der Waals surface area contributed by atoms with Crippen LogP contribution >= 0.6 is 11.3 Å². The highest BCUT2D eigenvalue weighted by Gasteiger charge is 2.65. The van der Waals surface area contributed by atoms with Gasteiger partial charge in [0.1, 0.15) is 5.78 Å². The van der Waals surface area contributed by atoms with Crippen LogP contribution in [-0.2, 0) is 14.8 Å². The molecule has 4 nitrogen and oxygen atoms in total. The summed E-state index contributed by atoms with van der Waals surface area (Å²) in [6.45, 7) is 5.38. The van der Waals surface area contributed by atoms with Gasteiger partial charge < -0.3 is 0 Å². The van der Waals surface area contributed by atoms with Gasteiger partial charge in [-0.15, -0.1) is 11.3 Å². The van der Waals surface area contributed by atoms with E-state index in [1.54, 1.807) is 15.6 Å². The van der Waals surface area contributed by atoms with Crippen molar-refractivity contribution in [1.82, 2.24) is 4.31 Å². The monoisotopic (exact) mass is 381 g/mol. The summed E-state index contributed by atoms with van der Waals surface area (Å²) in [6.07, 6.45) is 4.07. The number of hydrogen-bond donors (Lipinski definition) is 0. The Balaban J connectivity index is 1.49. The second kappa shape index (κ2) is 5.89. The molecule has 1 aromatic rings. The second-order valence-corrected chi connectivity index (χ2v) is 11.6. The quantitative estimate of drug-likeness (QED) is 0.800. The maximum atomic E-state index is 13.1. The highest BCUT2D eigenvalue weighted by atomic mass is 32.2. The largest absolute Gasteiger partial charge is 0.299 e. The third-order valence-electron chi connectivity index (χ3n) is 7.36. The number of hydrogen-bond acceptors (Lipinski definition) is 4. The van der Waals surface area contributed by atoms with Crippen LogP contribution in [0.4, 0.5) is 0 Å². The van der Waals surface area contributed by atoms with E-state index >= 15 is 0 Å². The molecule has 2 atom stereocenters. The zero-order valence-electron chi connectivity index (χ0n) is 15.0. The van der Waals surface area contributed by atoms with Crippen LogP contribution in [0.2, 0.25) is 0 Å². The molecule has 2 bridgehead atoms. The van der Waals surface area contributed by atoms with E-state index in [-0.39, 0.29) is 17.0 Å². The summed E-state index contributed by atoms with van der Waals surface area (Å²) in [4.78, 5) is 14.0. The van der Waals surface area contributed by atoms with Gasteiger partial charge in [0.05, 0.1) is 5.75 Å². The lowest BCUT2D eigenvalue weighted by Gasteiger charge is -2.39. The van der Waals surface area contributed by atoms with Gasteiger partial charge in [0.15, 0.2) is 0 Å². The topological polar surface area (TPSA) is 54.5 Å². The number of carbonyl (C=O) groups excluding carboxylic acids is 1. The highest BCUT2D eigenvalue weighted by molar-refractivity contribution is 7.89. The van der Waals surface area contributed by atoms with Crippen LogP contribution in [0.5, 0.6) is 0 Å². The average molecular weight is 382 g/mol. The first-order valence-corrected chi connectivity index (χ1v) is 11.8. The molecule has 0 amide bonds. The summed E-state index contributed by atoms with van der Waals surface area (Å²) in [5.74, 6) is 1.04. The predicted octanol–water partition coefficient (Wildman–Crippen LogP) is 3.65. The summed E-state index contributed by atoms with van der Waals surface area (Å²) < 4.78 is 27.9. The van der Waals surface area contributed by atoms with Crippen molar-refractivity contribution in [2.45, 2.75) is 51.9 Å². The van der Waals surface area contributed by atoms with E-state index in [9.17, 15) is 13.2 Å². The second-order valence-electron chi connectivity index (χ2n) is 8.61. The molecule has 2 unspecified atom stereocenters. The Labute approximate surface area is 154 Å². The number of nitrogens with zero attached hydrogens (tertiary/aromatic N) is 1. The van der Waals surface area contributed by atoms with Gasteiger partial charge in [0, 0.05) is 29.8 Å². The molecule has 4 rings (SSSR count). The lowest BCUT2D eigenvalue weighted by atomic mass is 9.70. The zero-order chi connectivity index (χ0) is 17.9. The number of sulfonamides is 1. The molecular weight excluding hydrogens is 354 g/mol. The number of carbonyl (C=O) groups is 1. The molecule has 2 saturated carbocycles. The number of piperidine rings is 1. The van der Waals surface area contributed by atoms with Gasteiger partial charge in [-0.1, -0.05) is 19.9 Å². The van der Waals surface area contributed by atoms with E-state index < -0.39 is 15.4 Å². The van der Waals surface area contributed by atoms with Crippen molar-refractivity contribution in [2.75, 3.05) is 18.8 Å². The maximum Gasteiger partial charge on any atom is 0.215 e. The van der Waals surface area contributed by atoms with Crippen molar-refractivity contribution in [3.05, 3.63) is 22.4 Å². The van der Waals surface area contributed by atoms with Crippen LogP contribution in [0.3, 0.4) is 0 Å². The van der Waals surface area contributed by atoms with E-state index in [2.05, 4.69) is 31.4 Å². The fourth-order valence-electron chi connectivity index (χ4n) is 5.45. The van der Waals surface area contributed by atoms with Crippen molar-refractivity contribution >= 4 is 27.1 Å². The van der Waals surface area contributed by atoms with Gasteiger partial charge in [0.25, 0.3) is 0 Å². The third-order valence-corrected chi connectivity index (χ3v) is 10.4. The lowest BCUT2D eigenvalue weighted by Crippen LogP contribution is -2.48. The van der Waals surface area contributed by atoms with E-state index in [0.717, 1.165) is 25.7 Å². The molecule has 138 valence electrons. The Hall–Kier alpha value is -0.720. The van der Waals surface area contributed by atoms with E-state index in [0.29, 0.717) is 31.3 Å². The maximum absolute atomic E-state index is 13.1. The molecule has 25 heavy (non-hydrogen) atoms. The standard InChI is InChI=1S/C19H27NO3S2/c1-18(2)15-5-8-19(18,17(21)12-15)13-25(22,23)20-9-6-14(7-10-20)16-4-3-11-24-16/h3-4,11,14-15H,5-10,12-13H2,1-2H3. The molecule has 0 aromatic carbocycles.